The average Bonchev–Trinajstić information content (AvgIpc) is 2.49. The van der Waals surface area contributed by atoms with Gasteiger partial charge in [-0.15, -0.1) is 0 Å². The van der Waals surface area contributed by atoms with Crippen LogP contribution in [0.3, 0.4) is 0 Å². The summed E-state index contributed by atoms with van der Waals surface area (Å²) in [6, 6.07) is -0.0635. The van der Waals surface area contributed by atoms with Gasteiger partial charge in [0.2, 0.25) is 0 Å². The molecule has 2 atom stereocenters. The van der Waals surface area contributed by atoms with Gasteiger partial charge < -0.3 is 14.8 Å². The highest BCUT2D eigenvalue weighted by Gasteiger charge is 2.28. The van der Waals surface area contributed by atoms with Crippen LogP contribution in [-0.4, -0.2) is 47.8 Å². The molecule has 2 heterocycles. The van der Waals surface area contributed by atoms with Crippen molar-refractivity contribution in [1.82, 2.24) is 15.3 Å². The first kappa shape index (κ1) is 16.6. The Hall–Kier alpha value is -1.79. The van der Waals surface area contributed by atoms with Gasteiger partial charge in [0, 0.05) is 12.8 Å². The molecular weight excluding hydrogens is 282 g/mol. The van der Waals surface area contributed by atoms with E-state index < -0.39 is 0 Å². The van der Waals surface area contributed by atoms with Crippen molar-refractivity contribution < 1.29 is 14.3 Å². The molecule has 1 saturated heterocycles. The fourth-order valence-corrected chi connectivity index (χ4v) is 2.24. The van der Waals surface area contributed by atoms with Gasteiger partial charge in [-0.1, -0.05) is 11.6 Å². The lowest BCUT2D eigenvalue weighted by Gasteiger charge is -2.32. The number of aromatic nitrogens is 2. The summed E-state index contributed by atoms with van der Waals surface area (Å²) >= 11 is 0. The third kappa shape index (κ3) is 4.61. The number of allylic oxidation sites excluding steroid dienone is 1. The number of hydrogen-bond donors (Lipinski definition) is 1. The van der Waals surface area contributed by atoms with Gasteiger partial charge in [0.15, 0.2) is 0 Å². The van der Waals surface area contributed by atoms with Gasteiger partial charge in [-0.05, 0) is 27.2 Å². The standard InChI is InChI=1S/C16H23N3O3/c1-11(2)4-7-22-15-9-21-6-5-14(15)19-16(20)13-8-17-10-18-12(13)3/h4,8,10,14-15H,5-7,9H2,1-3H3,(H,19,20)/t14-,15-/m1/s1. The van der Waals surface area contributed by atoms with Crippen LogP contribution in [0.4, 0.5) is 0 Å². The zero-order valence-corrected chi connectivity index (χ0v) is 13.3. The minimum atomic E-state index is -0.166. The first-order valence-corrected chi connectivity index (χ1v) is 7.48. The molecule has 1 aromatic rings. The summed E-state index contributed by atoms with van der Waals surface area (Å²) < 4.78 is 11.3. The highest BCUT2D eigenvalue weighted by atomic mass is 16.5. The number of nitrogens with zero attached hydrogens (tertiary/aromatic N) is 2. The molecule has 0 unspecified atom stereocenters. The molecule has 0 spiro atoms. The summed E-state index contributed by atoms with van der Waals surface area (Å²) in [6.45, 7) is 7.49. The van der Waals surface area contributed by atoms with Crippen LogP contribution in [0.1, 0.15) is 36.3 Å². The van der Waals surface area contributed by atoms with Crippen LogP contribution < -0.4 is 5.32 Å². The maximum absolute atomic E-state index is 12.4. The minimum Gasteiger partial charge on any atom is -0.379 e. The van der Waals surface area contributed by atoms with Crippen LogP contribution in [0.5, 0.6) is 0 Å². The molecule has 0 aliphatic carbocycles. The van der Waals surface area contributed by atoms with Crippen molar-refractivity contribution in [1.29, 1.82) is 0 Å². The molecule has 120 valence electrons. The Morgan fingerprint density at radius 2 is 2.36 bits per heavy atom. The Labute approximate surface area is 130 Å². The van der Waals surface area contributed by atoms with Crippen molar-refractivity contribution >= 4 is 5.91 Å². The van der Waals surface area contributed by atoms with Gasteiger partial charge in [0.05, 0.1) is 30.5 Å². The van der Waals surface area contributed by atoms with Crippen molar-refractivity contribution in [3.05, 3.63) is 35.4 Å². The Morgan fingerprint density at radius 3 is 3.09 bits per heavy atom. The SMILES string of the molecule is CC(C)=CCO[C@@H]1COCC[C@H]1NC(=O)c1cncnc1C. The molecule has 0 aromatic carbocycles. The predicted octanol–water partition coefficient (Wildman–Crippen LogP) is 1.66. The molecule has 1 aliphatic heterocycles. The molecule has 0 bridgehead atoms. The molecule has 0 radical (unpaired) electrons. The Balaban J connectivity index is 1.97. The Bertz CT molecular complexity index is 541. The molecule has 1 aliphatic rings. The number of hydrogen-bond acceptors (Lipinski definition) is 5. The van der Waals surface area contributed by atoms with E-state index in [0.717, 1.165) is 6.42 Å². The maximum atomic E-state index is 12.4. The van der Waals surface area contributed by atoms with Gasteiger partial charge in [-0.2, -0.15) is 0 Å². The van der Waals surface area contributed by atoms with Crippen LogP contribution in [0, 0.1) is 6.92 Å². The fourth-order valence-electron chi connectivity index (χ4n) is 2.24. The van der Waals surface area contributed by atoms with Crippen molar-refractivity contribution in [3.63, 3.8) is 0 Å². The summed E-state index contributed by atoms with van der Waals surface area (Å²) in [4.78, 5) is 20.3. The van der Waals surface area contributed by atoms with E-state index in [9.17, 15) is 4.79 Å². The van der Waals surface area contributed by atoms with Crippen LogP contribution in [0.15, 0.2) is 24.2 Å². The highest BCUT2D eigenvalue weighted by Crippen LogP contribution is 2.13. The van der Waals surface area contributed by atoms with E-state index in [0.29, 0.717) is 31.1 Å². The Kier molecular flexibility index (Phi) is 6.03. The number of aryl methyl sites for hydroxylation is 1. The zero-order valence-electron chi connectivity index (χ0n) is 13.3. The van der Waals surface area contributed by atoms with Gasteiger partial charge in [-0.25, -0.2) is 9.97 Å². The maximum Gasteiger partial charge on any atom is 0.255 e. The van der Waals surface area contributed by atoms with Crippen LogP contribution in [0.25, 0.3) is 0 Å². The van der Waals surface area contributed by atoms with E-state index in [1.54, 1.807) is 6.92 Å². The molecule has 22 heavy (non-hydrogen) atoms. The molecule has 0 saturated carbocycles. The summed E-state index contributed by atoms with van der Waals surface area (Å²) in [6.07, 6.45) is 5.58. The second-order valence-electron chi connectivity index (χ2n) is 5.62. The van der Waals surface area contributed by atoms with E-state index in [-0.39, 0.29) is 18.1 Å². The van der Waals surface area contributed by atoms with Crippen LogP contribution in [-0.2, 0) is 9.47 Å². The average molecular weight is 305 g/mol. The van der Waals surface area contributed by atoms with Crippen molar-refractivity contribution in [2.24, 2.45) is 0 Å². The number of rotatable bonds is 5. The topological polar surface area (TPSA) is 73.3 Å². The fraction of sp³-hybridized carbons (Fsp3) is 0.562. The van der Waals surface area contributed by atoms with Crippen molar-refractivity contribution in [2.45, 2.75) is 39.3 Å². The van der Waals surface area contributed by atoms with Gasteiger partial charge in [0.1, 0.15) is 12.4 Å². The largest absolute Gasteiger partial charge is 0.379 e. The number of amides is 1. The van der Waals surface area contributed by atoms with Gasteiger partial charge in [0.25, 0.3) is 5.91 Å². The molecule has 6 heteroatoms. The normalized spacial score (nSPS) is 21.2. The van der Waals surface area contributed by atoms with E-state index in [1.807, 2.05) is 19.9 Å². The first-order chi connectivity index (χ1) is 10.6. The lowest BCUT2D eigenvalue weighted by Crippen LogP contribution is -2.50. The van der Waals surface area contributed by atoms with E-state index in [4.69, 9.17) is 9.47 Å². The van der Waals surface area contributed by atoms with E-state index >= 15 is 0 Å². The molecule has 1 amide bonds. The quantitative estimate of drug-likeness (QED) is 0.837. The first-order valence-electron chi connectivity index (χ1n) is 7.48. The lowest BCUT2D eigenvalue weighted by atomic mass is 10.1. The summed E-state index contributed by atoms with van der Waals surface area (Å²) in [5, 5.41) is 3.02. The second-order valence-corrected chi connectivity index (χ2v) is 5.62. The number of carbonyl (C=O) groups is 1. The van der Waals surface area contributed by atoms with Gasteiger partial charge >= 0.3 is 0 Å². The summed E-state index contributed by atoms with van der Waals surface area (Å²) in [5.41, 5.74) is 2.37. The van der Waals surface area contributed by atoms with Gasteiger partial charge in [-0.3, -0.25) is 4.79 Å². The van der Waals surface area contributed by atoms with Crippen LogP contribution >= 0.6 is 0 Å². The number of ether oxygens (including phenoxy) is 2. The minimum absolute atomic E-state index is 0.0635. The third-order valence-electron chi connectivity index (χ3n) is 3.58. The zero-order chi connectivity index (χ0) is 15.9. The molecule has 6 nitrogen and oxygen atoms in total. The van der Waals surface area contributed by atoms with Crippen LogP contribution in [0.2, 0.25) is 0 Å². The monoisotopic (exact) mass is 305 g/mol. The number of nitrogens with one attached hydrogen (secondary N) is 1. The highest BCUT2D eigenvalue weighted by molar-refractivity contribution is 5.95. The molecule has 1 N–H and O–H groups in total. The third-order valence-corrected chi connectivity index (χ3v) is 3.58. The van der Waals surface area contributed by atoms with Crippen molar-refractivity contribution in [3.8, 4) is 0 Å². The molecule has 1 fully saturated rings. The lowest BCUT2D eigenvalue weighted by molar-refractivity contribution is -0.0589. The summed E-state index contributed by atoms with van der Waals surface area (Å²) in [7, 11) is 0. The second kappa shape index (κ2) is 8.00. The predicted molar refractivity (Wildman–Crippen MR) is 82.6 cm³/mol. The Morgan fingerprint density at radius 1 is 1.55 bits per heavy atom. The van der Waals surface area contributed by atoms with Crippen molar-refractivity contribution in [2.75, 3.05) is 19.8 Å². The molecular formula is C16H23N3O3. The van der Waals surface area contributed by atoms with E-state index in [2.05, 4.69) is 15.3 Å². The molecule has 2 rings (SSSR count). The molecule has 1 aromatic heterocycles. The van der Waals surface area contributed by atoms with E-state index in [1.165, 1.54) is 18.1 Å². The smallest absolute Gasteiger partial charge is 0.255 e. The summed E-state index contributed by atoms with van der Waals surface area (Å²) in [5.74, 6) is -0.166. The number of carbonyl (C=O) groups excluding carboxylic acids is 1.